The van der Waals surface area contributed by atoms with Gasteiger partial charge in [0.15, 0.2) is 0 Å². The molecule has 0 bridgehead atoms. The average molecular weight is 185 g/mol. The third-order valence-electron chi connectivity index (χ3n) is 3.78. The summed E-state index contributed by atoms with van der Waals surface area (Å²) in [4.78, 5) is 2.33. The van der Waals surface area contributed by atoms with Crippen LogP contribution in [0.1, 0.15) is 53.9 Å². The summed E-state index contributed by atoms with van der Waals surface area (Å²) < 4.78 is 0. The Labute approximate surface area is 84.5 Å². The maximum atomic E-state index is 2.40. The molecule has 0 fully saturated rings. The van der Waals surface area contributed by atoms with Crippen molar-refractivity contribution >= 4 is 0 Å². The minimum Gasteiger partial charge on any atom is -0.304 e. The Kier molecular flexibility index (Phi) is 4.44. The maximum absolute atomic E-state index is 2.40. The summed E-state index contributed by atoms with van der Waals surface area (Å²) in [5.74, 6) is 0. The Balaban J connectivity index is 4.39. The van der Waals surface area contributed by atoms with Crippen molar-refractivity contribution in [3.63, 3.8) is 0 Å². The molecule has 0 aromatic heterocycles. The van der Waals surface area contributed by atoms with E-state index in [1.807, 2.05) is 0 Å². The number of hydrogen-bond donors (Lipinski definition) is 0. The first-order chi connectivity index (χ1) is 5.77. The van der Waals surface area contributed by atoms with E-state index in [0.717, 1.165) is 0 Å². The van der Waals surface area contributed by atoms with Gasteiger partial charge >= 0.3 is 0 Å². The minimum absolute atomic E-state index is 0.320. The van der Waals surface area contributed by atoms with E-state index in [1.165, 1.54) is 19.3 Å². The second kappa shape index (κ2) is 4.45. The van der Waals surface area contributed by atoms with Crippen LogP contribution in [-0.2, 0) is 0 Å². The molecule has 1 heteroatoms. The number of rotatable bonds is 5. The molecule has 0 heterocycles. The predicted molar refractivity (Wildman–Crippen MR) is 61.1 cm³/mol. The molecule has 13 heavy (non-hydrogen) atoms. The first kappa shape index (κ1) is 13.0. The standard InChI is InChI=1S/C12H27N/c1-8-12(5,9-2)10-11(3,4)13(6)7/h8-10H2,1-7H3. The topological polar surface area (TPSA) is 3.24 Å². The molecule has 0 unspecified atom stereocenters. The van der Waals surface area contributed by atoms with Crippen LogP contribution < -0.4 is 0 Å². The van der Waals surface area contributed by atoms with Crippen LogP contribution in [0.5, 0.6) is 0 Å². The zero-order valence-corrected chi connectivity index (χ0v) is 10.6. The summed E-state index contributed by atoms with van der Waals surface area (Å²) in [6, 6.07) is 0. The Morgan fingerprint density at radius 3 is 1.54 bits per heavy atom. The van der Waals surface area contributed by atoms with Crippen LogP contribution in [0.4, 0.5) is 0 Å². The molecule has 0 amide bonds. The predicted octanol–water partition coefficient (Wildman–Crippen LogP) is 3.54. The van der Waals surface area contributed by atoms with E-state index in [1.54, 1.807) is 0 Å². The zero-order valence-electron chi connectivity index (χ0n) is 10.6. The van der Waals surface area contributed by atoms with E-state index in [2.05, 4.69) is 53.6 Å². The van der Waals surface area contributed by atoms with Gasteiger partial charge < -0.3 is 4.90 Å². The average Bonchev–Trinajstić information content (AvgIpc) is 2.03. The smallest absolute Gasteiger partial charge is 0.0152 e. The summed E-state index contributed by atoms with van der Waals surface area (Å²) in [5, 5.41) is 0. The molecule has 1 nitrogen and oxygen atoms in total. The molecule has 0 aromatic carbocycles. The van der Waals surface area contributed by atoms with Gasteiger partial charge in [-0.05, 0) is 39.8 Å². The SMILES string of the molecule is CCC(C)(CC)CC(C)(C)N(C)C. The van der Waals surface area contributed by atoms with E-state index in [-0.39, 0.29) is 0 Å². The van der Waals surface area contributed by atoms with Gasteiger partial charge in [0.2, 0.25) is 0 Å². The third kappa shape index (κ3) is 3.68. The van der Waals surface area contributed by atoms with Gasteiger partial charge in [-0.25, -0.2) is 0 Å². The molecule has 0 N–H and O–H groups in total. The highest BCUT2D eigenvalue weighted by molar-refractivity contribution is 4.85. The minimum atomic E-state index is 0.320. The van der Waals surface area contributed by atoms with Gasteiger partial charge in [-0.3, -0.25) is 0 Å². The molecule has 0 aliphatic heterocycles. The van der Waals surface area contributed by atoms with E-state index >= 15 is 0 Å². The van der Waals surface area contributed by atoms with Gasteiger partial charge in [0.05, 0.1) is 0 Å². The van der Waals surface area contributed by atoms with Crippen molar-refractivity contribution in [3.05, 3.63) is 0 Å². The Hall–Kier alpha value is -0.0400. The number of nitrogens with zero attached hydrogens (tertiary/aromatic N) is 1. The first-order valence-corrected chi connectivity index (χ1v) is 5.45. The Bertz CT molecular complexity index is 140. The summed E-state index contributed by atoms with van der Waals surface area (Å²) in [5.41, 5.74) is 0.828. The lowest BCUT2D eigenvalue weighted by Crippen LogP contribution is -2.42. The fourth-order valence-electron chi connectivity index (χ4n) is 1.70. The van der Waals surface area contributed by atoms with E-state index < -0.39 is 0 Å². The lowest BCUT2D eigenvalue weighted by molar-refractivity contribution is 0.105. The van der Waals surface area contributed by atoms with E-state index in [9.17, 15) is 0 Å². The number of hydrogen-bond acceptors (Lipinski definition) is 1. The van der Waals surface area contributed by atoms with Crippen molar-refractivity contribution in [3.8, 4) is 0 Å². The molecule has 0 aromatic rings. The van der Waals surface area contributed by atoms with Crippen LogP contribution in [0.2, 0.25) is 0 Å². The molecule has 0 radical (unpaired) electrons. The van der Waals surface area contributed by atoms with E-state index in [0.29, 0.717) is 11.0 Å². The van der Waals surface area contributed by atoms with Gasteiger partial charge in [0.1, 0.15) is 0 Å². The second-order valence-electron chi connectivity index (χ2n) is 5.40. The monoisotopic (exact) mass is 185 g/mol. The molecule has 0 spiro atoms. The van der Waals surface area contributed by atoms with Gasteiger partial charge in [-0.2, -0.15) is 0 Å². The van der Waals surface area contributed by atoms with Crippen LogP contribution >= 0.6 is 0 Å². The lowest BCUT2D eigenvalue weighted by atomic mass is 9.74. The second-order valence-corrected chi connectivity index (χ2v) is 5.40. The largest absolute Gasteiger partial charge is 0.304 e. The molecule has 0 saturated carbocycles. The summed E-state index contributed by atoms with van der Waals surface area (Å²) in [6.45, 7) is 11.7. The maximum Gasteiger partial charge on any atom is 0.0152 e. The summed E-state index contributed by atoms with van der Waals surface area (Å²) in [7, 11) is 4.34. The molecule has 0 rings (SSSR count). The highest BCUT2D eigenvalue weighted by Gasteiger charge is 2.30. The Morgan fingerprint density at radius 2 is 1.31 bits per heavy atom. The molecular weight excluding hydrogens is 158 g/mol. The van der Waals surface area contributed by atoms with Crippen LogP contribution in [0.15, 0.2) is 0 Å². The van der Waals surface area contributed by atoms with Crippen LogP contribution in [-0.4, -0.2) is 24.5 Å². The molecule has 0 aliphatic carbocycles. The third-order valence-corrected chi connectivity index (χ3v) is 3.78. The lowest BCUT2D eigenvalue weighted by Gasteiger charge is -2.40. The quantitative estimate of drug-likeness (QED) is 0.633. The van der Waals surface area contributed by atoms with Crippen LogP contribution in [0, 0.1) is 5.41 Å². The van der Waals surface area contributed by atoms with Gasteiger partial charge in [-0.15, -0.1) is 0 Å². The highest BCUT2D eigenvalue weighted by Crippen LogP contribution is 2.36. The van der Waals surface area contributed by atoms with Gasteiger partial charge in [0.25, 0.3) is 0 Å². The van der Waals surface area contributed by atoms with Gasteiger partial charge in [0, 0.05) is 5.54 Å². The van der Waals surface area contributed by atoms with Crippen molar-refractivity contribution in [1.82, 2.24) is 4.90 Å². The zero-order chi connectivity index (χ0) is 10.7. The van der Waals surface area contributed by atoms with Crippen molar-refractivity contribution in [2.24, 2.45) is 5.41 Å². The van der Waals surface area contributed by atoms with E-state index in [4.69, 9.17) is 0 Å². The van der Waals surface area contributed by atoms with Crippen LogP contribution in [0.3, 0.4) is 0 Å². The first-order valence-electron chi connectivity index (χ1n) is 5.45. The normalized spacial score (nSPS) is 13.8. The molecular formula is C12H27N. The fraction of sp³-hybridized carbons (Fsp3) is 1.00. The molecule has 0 atom stereocenters. The Morgan fingerprint density at radius 1 is 0.923 bits per heavy atom. The van der Waals surface area contributed by atoms with Crippen molar-refractivity contribution in [1.29, 1.82) is 0 Å². The van der Waals surface area contributed by atoms with Crippen molar-refractivity contribution in [2.45, 2.75) is 59.4 Å². The van der Waals surface area contributed by atoms with Crippen LogP contribution in [0.25, 0.3) is 0 Å². The highest BCUT2D eigenvalue weighted by atomic mass is 15.1. The summed E-state index contributed by atoms with van der Waals surface area (Å²) >= 11 is 0. The molecule has 80 valence electrons. The molecule has 0 aliphatic rings. The fourth-order valence-corrected chi connectivity index (χ4v) is 1.70. The van der Waals surface area contributed by atoms with Crippen molar-refractivity contribution < 1.29 is 0 Å². The molecule has 0 saturated heterocycles. The summed E-state index contributed by atoms with van der Waals surface area (Å²) in [6.07, 6.45) is 3.83. The van der Waals surface area contributed by atoms with Crippen molar-refractivity contribution in [2.75, 3.05) is 14.1 Å². The van der Waals surface area contributed by atoms with Gasteiger partial charge in [-0.1, -0.05) is 33.6 Å².